The molecule has 0 radical (unpaired) electrons. The SMILES string of the molecule is Nc1noc(-c2ccoc2Cl)c1-c1c(F)cccc1Cl. The Morgan fingerprint density at radius 2 is 1.95 bits per heavy atom. The van der Waals surface area contributed by atoms with E-state index in [4.69, 9.17) is 37.9 Å². The number of hydrogen-bond acceptors (Lipinski definition) is 4. The average Bonchev–Trinajstić information content (AvgIpc) is 2.97. The minimum atomic E-state index is -0.534. The third-order valence-electron chi connectivity index (χ3n) is 2.79. The molecule has 2 heterocycles. The lowest BCUT2D eigenvalue weighted by atomic mass is 10.0. The van der Waals surface area contributed by atoms with Gasteiger partial charge >= 0.3 is 0 Å². The van der Waals surface area contributed by atoms with E-state index in [-0.39, 0.29) is 32.9 Å². The molecule has 0 unspecified atom stereocenters. The largest absolute Gasteiger partial charge is 0.452 e. The molecular formula is C13H7Cl2FN2O2. The molecule has 0 amide bonds. The molecular weight excluding hydrogens is 306 g/mol. The van der Waals surface area contributed by atoms with Gasteiger partial charge in [-0.15, -0.1) is 0 Å². The fourth-order valence-electron chi connectivity index (χ4n) is 1.92. The summed E-state index contributed by atoms with van der Waals surface area (Å²) in [6, 6.07) is 5.89. The summed E-state index contributed by atoms with van der Waals surface area (Å²) in [5.74, 6) is -0.314. The molecule has 0 saturated carbocycles. The van der Waals surface area contributed by atoms with Crippen LogP contribution >= 0.6 is 23.2 Å². The summed E-state index contributed by atoms with van der Waals surface area (Å²) in [5, 5.41) is 3.94. The standard InChI is InChI=1S/C13H7Cl2FN2O2/c14-7-2-1-3-8(16)9(7)10-11(20-18-13(10)17)6-4-5-19-12(6)15/h1-5H,(H2,17,18). The second-order valence-electron chi connectivity index (χ2n) is 3.98. The molecule has 0 atom stereocenters. The number of benzene rings is 1. The van der Waals surface area contributed by atoms with Crippen LogP contribution in [0.25, 0.3) is 22.5 Å². The van der Waals surface area contributed by atoms with Crippen molar-refractivity contribution >= 4 is 29.0 Å². The maximum atomic E-state index is 14.1. The first-order valence-corrected chi connectivity index (χ1v) is 6.28. The van der Waals surface area contributed by atoms with E-state index >= 15 is 0 Å². The van der Waals surface area contributed by atoms with Gasteiger partial charge in [-0.3, -0.25) is 0 Å². The van der Waals surface area contributed by atoms with Crippen molar-refractivity contribution < 1.29 is 13.3 Å². The third-order valence-corrected chi connectivity index (χ3v) is 3.40. The van der Waals surface area contributed by atoms with E-state index in [0.717, 1.165) is 0 Å². The number of hydrogen-bond donors (Lipinski definition) is 1. The summed E-state index contributed by atoms with van der Waals surface area (Å²) in [7, 11) is 0. The number of rotatable bonds is 2. The van der Waals surface area contributed by atoms with Gasteiger partial charge in [0.2, 0.25) is 5.22 Å². The topological polar surface area (TPSA) is 65.2 Å². The Bertz CT molecular complexity index is 762. The molecule has 0 aliphatic carbocycles. The van der Waals surface area contributed by atoms with Gasteiger partial charge in [0.15, 0.2) is 11.6 Å². The van der Waals surface area contributed by atoms with Gasteiger partial charge in [-0.1, -0.05) is 22.8 Å². The van der Waals surface area contributed by atoms with E-state index in [1.807, 2.05) is 0 Å². The molecule has 0 saturated heterocycles. The molecule has 0 spiro atoms. The van der Waals surface area contributed by atoms with Crippen LogP contribution in [0.15, 0.2) is 39.5 Å². The monoisotopic (exact) mass is 312 g/mol. The van der Waals surface area contributed by atoms with Gasteiger partial charge in [-0.25, -0.2) is 4.39 Å². The molecule has 0 aliphatic rings. The normalized spacial score (nSPS) is 10.9. The first-order valence-electron chi connectivity index (χ1n) is 5.52. The number of furan rings is 1. The molecule has 4 nitrogen and oxygen atoms in total. The van der Waals surface area contributed by atoms with Crippen LogP contribution in [0.2, 0.25) is 10.2 Å². The average molecular weight is 313 g/mol. The molecule has 20 heavy (non-hydrogen) atoms. The van der Waals surface area contributed by atoms with Gasteiger partial charge in [0.1, 0.15) is 5.82 Å². The maximum absolute atomic E-state index is 14.1. The molecule has 0 bridgehead atoms. The van der Waals surface area contributed by atoms with Crippen LogP contribution in [0, 0.1) is 5.82 Å². The highest BCUT2D eigenvalue weighted by Gasteiger charge is 2.25. The minimum absolute atomic E-state index is 0.0178. The van der Waals surface area contributed by atoms with Crippen molar-refractivity contribution in [1.29, 1.82) is 0 Å². The second kappa shape index (κ2) is 4.85. The minimum Gasteiger partial charge on any atom is -0.452 e. The van der Waals surface area contributed by atoms with Crippen LogP contribution in [-0.2, 0) is 0 Å². The Kier molecular flexibility index (Phi) is 3.16. The quantitative estimate of drug-likeness (QED) is 0.749. The van der Waals surface area contributed by atoms with Crippen LogP contribution in [0.1, 0.15) is 0 Å². The summed E-state index contributed by atoms with van der Waals surface area (Å²) in [6.45, 7) is 0. The molecule has 0 aliphatic heterocycles. The van der Waals surface area contributed by atoms with Gasteiger partial charge in [-0.2, -0.15) is 0 Å². The molecule has 2 N–H and O–H groups in total. The molecule has 3 rings (SSSR count). The van der Waals surface area contributed by atoms with Crippen LogP contribution in [0.3, 0.4) is 0 Å². The smallest absolute Gasteiger partial charge is 0.204 e. The summed E-state index contributed by atoms with van der Waals surface area (Å²) < 4.78 is 24.2. The van der Waals surface area contributed by atoms with Crippen molar-refractivity contribution in [3.8, 4) is 22.5 Å². The first kappa shape index (κ1) is 13.0. The van der Waals surface area contributed by atoms with E-state index in [9.17, 15) is 4.39 Å². The van der Waals surface area contributed by atoms with Gasteiger partial charge in [0.05, 0.1) is 22.4 Å². The molecule has 102 valence electrons. The first-order chi connectivity index (χ1) is 9.59. The Hall–Kier alpha value is -1.98. The van der Waals surface area contributed by atoms with E-state index in [1.165, 1.54) is 18.4 Å². The van der Waals surface area contributed by atoms with Crippen LogP contribution < -0.4 is 5.73 Å². The van der Waals surface area contributed by atoms with E-state index in [2.05, 4.69) is 5.16 Å². The van der Waals surface area contributed by atoms with Crippen molar-refractivity contribution in [2.24, 2.45) is 0 Å². The predicted octanol–water partition coefficient (Wildman–Crippen LogP) is 4.63. The summed E-state index contributed by atoms with van der Waals surface area (Å²) in [5.41, 5.74) is 6.54. The number of nitrogen functional groups attached to an aromatic ring is 1. The Labute approximate surface area is 122 Å². The van der Waals surface area contributed by atoms with Gasteiger partial charge in [0, 0.05) is 5.56 Å². The highest BCUT2D eigenvalue weighted by Crippen LogP contribution is 2.43. The predicted molar refractivity (Wildman–Crippen MR) is 74.0 cm³/mol. The molecule has 7 heteroatoms. The number of nitrogens with two attached hydrogens (primary N) is 1. The lowest BCUT2D eigenvalue weighted by Crippen LogP contribution is -1.92. The molecule has 2 aromatic heterocycles. The number of halogens is 3. The van der Waals surface area contributed by atoms with E-state index in [0.29, 0.717) is 5.56 Å². The number of aromatic nitrogens is 1. The van der Waals surface area contributed by atoms with Crippen LogP contribution in [0.4, 0.5) is 10.2 Å². The molecule has 3 aromatic rings. The van der Waals surface area contributed by atoms with Crippen molar-refractivity contribution in [3.05, 3.63) is 46.6 Å². The zero-order chi connectivity index (χ0) is 14.3. The van der Waals surface area contributed by atoms with Gasteiger partial charge in [-0.05, 0) is 29.8 Å². The lowest BCUT2D eigenvalue weighted by Gasteiger charge is -2.05. The highest BCUT2D eigenvalue weighted by atomic mass is 35.5. The maximum Gasteiger partial charge on any atom is 0.204 e. The summed E-state index contributed by atoms with van der Waals surface area (Å²) in [6.07, 6.45) is 1.38. The second-order valence-corrected chi connectivity index (χ2v) is 4.73. The lowest BCUT2D eigenvalue weighted by molar-refractivity contribution is 0.435. The fourth-order valence-corrected chi connectivity index (χ4v) is 2.38. The highest BCUT2D eigenvalue weighted by molar-refractivity contribution is 6.34. The Morgan fingerprint density at radius 1 is 1.15 bits per heavy atom. The number of anilines is 1. The van der Waals surface area contributed by atoms with Crippen molar-refractivity contribution in [3.63, 3.8) is 0 Å². The van der Waals surface area contributed by atoms with E-state index < -0.39 is 5.82 Å². The summed E-state index contributed by atoms with van der Waals surface area (Å²) in [4.78, 5) is 0. The zero-order valence-electron chi connectivity index (χ0n) is 9.86. The van der Waals surface area contributed by atoms with Crippen molar-refractivity contribution in [2.75, 3.05) is 5.73 Å². The number of nitrogens with zero attached hydrogens (tertiary/aromatic N) is 1. The summed E-state index contributed by atoms with van der Waals surface area (Å²) >= 11 is 11.9. The Balaban J connectivity index is 2.31. The fraction of sp³-hybridized carbons (Fsp3) is 0. The van der Waals surface area contributed by atoms with Gasteiger partial charge in [0.25, 0.3) is 0 Å². The van der Waals surface area contributed by atoms with Crippen LogP contribution in [0.5, 0.6) is 0 Å². The zero-order valence-corrected chi connectivity index (χ0v) is 11.4. The molecule has 1 aromatic carbocycles. The third kappa shape index (κ3) is 1.95. The molecule has 0 fully saturated rings. The van der Waals surface area contributed by atoms with Crippen molar-refractivity contribution in [2.45, 2.75) is 0 Å². The van der Waals surface area contributed by atoms with Crippen molar-refractivity contribution in [1.82, 2.24) is 5.16 Å². The van der Waals surface area contributed by atoms with Gasteiger partial charge < -0.3 is 14.7 Å². The van der Waals surface area contributed by atoms with E-state index in [1.54, 1.807) is 12.1 Å². The Morgan fingerprint density at radius 3 is 2.60 bits per heavy atom. The van der Waals surface area contributed by atoms with Crippen LogP contribution in [-0.4, -0.2) is 5.16 Å².